The SMILES string of the molecule is O=C(Nc1cccnc1Br)C1CCCCO1. The van der Waals surface area contributed by atoms with E-state index in [1.54, 1.807) is 18.3 Å². The zero-order valence-electron chi connectivity index (χ0n) is 8.78. The molecule has 4 nitrogen and oxygen atoms in total. The van der Waals surface area contributed by atoms with Gasteiger partial charge in [0.25, 0.3) is 5.91 Å². The van der Waals surface area contributed by atoms with Crippen LogP contribution in [0.4, 0.5) is 5.69 Å². The molecule has 0 aliphatic carbocycles. The van der Waals surface area contributed by atoms with Gasteiger partial charge in [-0.15, -0.1) is 0 Å². The first-order valence-corrected chi connectivity index (χ1v) is 6.09. The minimum atomic E-state index is -0.319. The molecule has 86 valence electrons. The maximum Gasteiger partial charge on any atom is 0.253 e. The molecule has 5 heteroatoms. The van der Waals surface area contributed by atoms with E-state index in [-0.39, 0.29) is 12.0 Å². The Morgan fingerprint density at radius 3 is 3.12 bits per heavy atom. The summed E-state index contributed by atoms with van der Waals surface area (Å²) < 4.78 is 6.04. The van der Waals surface area contributed by atoms with Gasteiger partial charge in [-0.2, -0.15) is 0 Å². The number of halogens is 1. The van der Waals surface area contributed by atoms with Gasteiger partial charge in [-0.3, -0.25) is 4.79 Å². The van der Waals surface area contributed by atoms with E-state index in [0.717, 1.165) is 19.3 Å². The summed E-state index contributed by atoms with van der Waals surface area (Å²) in [7, 11) is 0. The van der Waals surface area contributed by atoms with E-state index in [4.69, 9.17) is 4.74 Å². The Bertz CT molecular complexity index is 378. The summed E-state index contributed by atoms with van der Waals surface area (Å²) in [6.45, 7) is 0.673. The summed E-state index contributed by atoms with van der Waals surface area (Å²) >= 11 is 3.28. The molecule has 0 spiro atoms. The number of amides is 1. The first-order chi connectivity index (χ1) is 7.77. The van der Waals surface area contributed by atoms with Crippen molar-refractivity contribution < 1.29 is 9.53 Å². The van der Waals surface area contributed by atoms with Gasteiger partial charge in [-0.25, -0.2) is 4.98 Å². The molecular formula is C11H13BrN2O2. The molecule has 0 aromatic carbocycles. The van der Waals surface area contributed by atoms with Crippen LogP contribution in [0.25, 0.3) is 0 Å². The lowest BCUT2D eigenvalue weighted by atomic mass is 10.1. The normalized spacial score (nSPS) is 20.4. The largest absolute Gasteiger partial charge is 0.368 e. The monoisotopic (exact) mass is 284 g/mol. The van der Waals surface area contributed by atoms with Crippen molar-refractivity contribution >= 4 is 27.5 Å². The Morgan fingerprint density at radius 2 is 2.44 bits per heavy atom. The highest BCUT2D eigenvalue weighted by Crippen LogP contribution is 2.20. The number of pyridine rings is 1. The number of nitrogens with one attached hydrogen (secondary N) is 1. The number of rotatable bonds is 2. The molecule has 1 fully saturated rings. The fraction of sp³-hybridized carbons (Fsp3) is 0.455. The van der Waals surface area contributed by atoms with Crippen molar-refractivity contribution in [1.29, 1.82) is 0 Å². The molecule has 1 saturated heterocycles. The van der Waals surface area contributed by atoms with Gasteiger partial charge in [0.2, 0.25) is 0 Å². The Balaban J connectivity index is 1.99. The lowest BCUT2D eigenvalue weighted by Crippen LogP contribution is -2.33. The first kappa shape index (κ1) is 11.5. The second-order valence-electron chi connectivity index (χ2n) is 3.69. The van der Waals surface area contributed by atoms with E-state index < -0.39 is 0 Å². The minimum absolute atomic E-state index is 0.0894. The predicted molar refractivity (Wildman–Crippen MR) is 64.2 cm³/mol. The summed E-state index contributed by atoms with van der Waals surface area (Å²) in [4.78, 5) is 15.9. The van der Waals surface area contributed by atoms with Crippen LogP contribution in [0.3, 0.4) is 0 Å². The zero-order chi connectivity index (χ0) is 11.4. The second-order valence-corrected chi connectivity index (χ2v) is 4.44. The van der Waals surface area contributed by atoms with Crippen LogP contribution >= 0.6 is 15.9 Å². The highest BCUT2D eigenvalue weighted by atomic mass is 79.9. The molecule has 0 bridgehead atoms. The van der Waals surface area contributed by atoms with Crippen molar-refractivity contribution in [2.75, 3.05) is 11.9 Å². The smallest absolute Gasteiger partial charge is 0.253 e. The summed E-state index contributed by atoms with van der Waals surface area (Å²) in [5, 5.41) is 2.81. The number of carbonyl (C=O) groups is 1. The van der Waals surface area contributed by atoms with Gasteiger partial charge in [0, 0.05) is 12.8 Å². The lowest BCUT2D eigenvalue weighted by molar-refractivity contribution is -0.129. The van der Waals surface area contributed by atoms with Crippen LogP contribution in [-0.2, 0) is 9.53 Å². The number of hydrogen-bond acceptors (Lipinski definition) is 3. The number of aromatic nitrogens is 1. The first-order valence-electron chi connectivity index (χ1n) is 5.30. The van der Waals surface area contributed by atoms with Crippen LogP contribution in [0.5, 0.6) is 0 Å². The highest BCUT2D eigenvalue weighted by molar-refractivity contribution is 9.10. The van der Waals surface area contributed by atoms with Crippen LogP contribution in [0.2, 0.25) is 0 Å². The van der Waals surface area contributed by atoms with Gasteiger partial charge >= 0.3 is 0 Å². The van der Waals surface area contributed by atoms with E-state index in [2.05, 4.69) is 26.2 Å². The maximum absolute atomic E-state index is 11.8. The van der Waals surface area contributed by atoms with Crippen LogP contribution in [0, 0.1) is 0 Å². The van der Waals surface area contributed by atoms with Gasteiger partial charge in [-0.1, -0.05) is 0 Å². The summed E-state index contributed by atoms with van der Waals surface area (Å²) in [6.07, 6.45) is 4.23. The predicted octanol–water partition coefficient (Wildman–Crippen LogP) is 2.35. The average molecular weight is 285 g/mol. The zero-order valence-corrected chi connectivity index (χ0v) is 10.4. The number of nitrogens with zero attached hydrogens (tertiary/aromatic N) is 1. The Hall–Kier alpha value is -0.940. The fourth-order valence-corrected chi connectivity index (χ4v) is 1.99. The van der Waals surface area contributed by atoms with E-state index in [9.17, 15) is 4.79 Å². The molecule has 1 aliphatic rings. The highest BCUT2D eigenvalue weighted by Gasteiger charge is 2.22. The third-order valence-electron chi connectivity index (χ3n) is 2.49. The van der Waals surface area contributed by atoms with Gasteiger partial charge in [0.1, 0.15) is 10.7 Å². The number of hydrogen-bond donors (Lipinski definition) is 1. The maximum atomic E-state index is 11.8. The number of anilines is 1. The molecule has 0 saturated carbocycles. The molecule has 2 heterocycles. The molecule has 1 unspecified atom stereocenters. The standard InChI is InChI=1S/C11H13BrN2O2/c12-10-8(4-3-6-13-10)14-11(15)9-5-1-2-7-16-9/h3-4,6,9H,1-2,5,7H2,(H,14,15). The quantitative estimate of drug-likeness (QED) is 0.849. The molecule has 0 radical (unpaired) electrons. The Kier molecular flexibility index (Phi) is 3.90. The van der Waals surface area contributed by atoms with E-state index >= 15 is 0 Å². The molecule has 1 aromatic heterocycles. The molecule has 1 atom stereocenters. The van der Waals surface area contributed by atoms with Crippen LogP contribution in [0.15, 0.2) is 22.9 Å². The topological polar surface area (TPSA) is 51.2 Å². The fourth-order valence-electron chi connectivity index (χ4n) is 1.64. The Morgan fingerprint density at radius 1 is 1.56 bits per heavy atom. The van der Waals surface area contributed by atoms with Crippen LogP contribution in [-0.4, -0.2) is 23.6 Å². The molecule has 1 amide bonds. The third-order valence-corrected chi connectivity index (χ3v) is 3.12. The van der Waals surface area contributed by atoms with E-state index in [1.807, 2.05) is 0 Å². The van der Waals surface area contributed by atoms with Crippen molar-refractivity contribution in [3.8, 4) is 0 Å². The molecule has 2 rings (SSSR count). The molecule has 1 aromatic rings. The third kappa shape index (κ3) is 2.80. The van der Waals surface area contributed by atoms with Crippen molar-refractivity contribution in [3.63, 3.8) is 0 Å². The molecular weight excluding hydrogens is 272 g/mol. The molecule has 1 aliphatic heterocycles. The van der Waals surface area contributed by atoms with Gasteiger partial charge in [0.05, 0.1) is 5.69 Å². The van der Waals surface area contributed by atoms with E-state index in [0.29, 0.717) is 16.9 Å². The van der Waals surface area contributed by atoms with Crippen LogP contribution in [0.1, 0.15) is 19.3 Å². The number of ether oxygens (including phenoxy) is 1. The van der Waals surface area contributed by atoms with E-state index in [1.165, 1.54) is 0 Å². The molecule has 16 heavy (non-hydrogen) atoms. The summed E-state index contributed by atoms with van der Waals surface area (Å²) in [6, 6.07) is 3.58. The van der Waals surface area contributed by atoms with Crippen molar-refractivity contribution in [3.05, 3.63) is 22.9 Å². The van der Waals surface area contributed by atoms with Crippen molar-refractivity contribution in [1.82, 2.24) is 4.98 Å². The Labute approximate surface area is 103 Å². The molecule has 1 N–H and O–H groups in total. The second kappa shape index (κ2) is 5.41. The average Bonchev–Trinajstić information content (AvgIpc) is 2.33. The van der Waals surface area contributed by atoms with Gasteiger partial charge < -0.3 is 10.1 Å². The van der Waals surface area contributed by atoms with Crippen LogP contribution < -0.4 is 5.32 Å². The summed E-state index contributed by atoms with van der Waals surface area (Å²) in [5.41, 5.74) is 0.682. The van der Waals surface area contributed by atoms with Crippen molar-refractivity contribution in [2.24, 2.45) is 0 Å². The van der Waals surface area contributed by atoms with Crippen molar-refractivity contribution in [2.45, 2.75) is 25.4 Å². The van der Waals surface area contributed by atoms with Gasteiger partial charge in [0.15, 0.2) is 0 Å². The lowest BCUT2D eigenvalue weighted by Gasteiger charge is -2.21. The summed E-state index contributed by atoms with van der Waals surface area (Å²) in [5.74, 6) is -0.0894. The number of carbonyl (C=O) groups excluding carboxylic acids is 1. The van der Waals surface area contributed by atoms with Gasteiger partial charge in [-0.05, 0) is 47.3 Å². The minimum Gasteiger partial charge on any atom is -0.368 e.